The first-order chi connectivity index (χ1) is 8.39. The largest absolute Gasteiger partial charge is 0.325 e. The van der Waals surface area contributed by atoms with E-state index >= 15 is 0 Å². The Morgan fingerprint density at radius 2 is 1.61 bits per heavy atom. The summed E-state index contributed by atoms with van der Waals surface area (Å²) in [6, 6.07) is 0. The second-order valence-corrected chi connectivity index (χ2v) is 8.21. The van der Waals surface area contributed by atoms with Crippen LogP contribution < -0.4 is 5.73 Å². The Bertz CT molecular complexity index is 259. The van der Waals surface area contributed by atoms with Crippen molar-refractivity contribution < 1.29 is 0 Å². The van der Waals surface area contributed by atoms with E-state index in [-0.39, 0.29) is 5.54 Å². The van der Waals surface area contributed by atoms with E-state index in [4.69, 9.17) is 5.73 Å². The topological polar surface area (TPSA) is 26.0 Å². The SMILES string of the molecule is CC(C)(C)C1CCCC(N)(CC2CCCC2)CC1. The van der Waals surface area contributed by atoms with Crippen molar-refractivity contribution in [3.63, 3.8) is 0 Å². The van der Waals surface area contributed by atoms with Crippen LogP contribution in [0.25, 0.3) is 0 Å². The quantitative estimate of drug-likeness (QED) is 0.695. The molecule has 2 rings (SSSR count). The van der Waals surface area contributed by atoms with Gasteiger partial charge in [-0.3, -0.25) is 0 Å². The maximum Gasteiger partial charge on any atom is 0.0157 e. The van der Waals surface area contributed by atoms with E-state index in [2.05, 4.69) is 20.8 Å². The molecule has 0 spiro atoms. The number of rotatable bonds is 2. The van der Waals surface area contributed by atoms with Gasteiger partial charge in [0.1, 0.15) is 0 Å². The first kappa shape index (κ1) is 14.4. The minimum Gasteiger partial charge on any atom is -0.325 e. The molecule has 2 atom stereocenters. The molecule has 106 valence electrons. The summed E-state index contributed by atoms with van der Waals surface area (Å²) in [4.78, 5) is 0. The van der Waals surface area contributed by atoms with Crippen molar-refractivity contribution in [1.29, 1.82) is 0 Å². The van der Waals surface area contributed by atoms with Crippen molar-refractivity contribution in [2.24, 2.45) is 23.0 Å². The first-order valence-corrected chi connectivity index (χ1v) is 8.18. The highest BCUT2D eigenvalue weighted by Crippen LogP contribution is 2.42. The molecule has 0 heterocycles. The fourth-order valence-electron chi connectivity index (χ4n) is 4.29. The standard InChI is InChI=1S/C17H33N/c1-16(2,3)15-9-6-11-17(18,12-10-15)13-14-7-4-5-8-14/h14-15H,4-13,18H2,1-3H3. The third-order valence-corrected chi connectivity index (χ3v) is 5.61. The third kappa shape index (κ3) is 3.73. The summed E-state index contributed by atoms with van der Waals surface area (Å²) in [5.74, 6) is 1.83. The van der Waals surface area contributed by atoms with Gasteiger partial charge in [-0.25, -0.2) is 0 Å². The maximum absolute atomic E-state index is 6.74. The summed E-state index contributed by atoms with van der Waals surface area (Å²) in [5, 5.41) is 0. The molecule has 2 unspecified atom stereocenters. The van der Waals surface area contributed by atoms with Crippen LogP contribution in [0, 0.1) is 17.3 Å². The summed E-state index contributed by atoms with van der Waals surface area (Å²) in [5.41, 5.74) is 7.39. The van der Waals surface area contributed by atoms with E-state index in [0.717, 1.165) is 11.8 Å². The Labute approximate surface area is 114 Å². The molecule has 2 fully saturated rings. The lowest BCUT2D eigenvalue weighted by Gasteiger charge is -2.33. The molecule has 2 aliphatic rings. The lowest BCUT2D eigenvalue weighted by molar-refractivity contribution is 0.207. The van der Waals surface area contributed by atoms with Crippen LogP contribution in [0.4, 0.5) is 0 Å². The second kappa shape index (κ2) is 5.53. The summed E-state index contributed by atoms with van der Waals surface area (Å²) in [7, 11) is 0. The van der Waals surface area contributed by atoms with E-state index in [1.807, 2.05) is 0 Å². The fourth-order valence-corrected chi connectivity index (χ4v) is 4.29. The van der Waals surface area contributed by atoms with Crippen molar-refractivity contribution in [3.8, 4) is 0 Å². The molecular weight excluding hydrogens is 218 g/mol. The Hall–Kier alpha value is -0.0400. The van der Waals surface area contributed by atoms with Crippen LogP contribution in [0.15, 0.2) is 0 Å². The van der Waals surface area contributed by atoms with Gasteiger partial charge in [0.15, 0.2) is 0 Å². The highest BCUT2D eigenvalue weighted by Gasteiger charge is 2.35. The molecule has 0 saturated heterocycles. The first-order valence-electron chi connectivity index (χ1n) is 8.18. The van der Waals surface area contributed by atoms with Crippen molar-refractivity contribution >= 4 is 0 Å². The summed E-state index contributed by atoms with van der Waals surface area (Å²) >= 11 is 0. The van der Waals surface area contributed by atoms with Gasteiger partial charge >= 0.3 is 0 Å². The molecule has 1 heteroatoms. The van der Waals surface area contributed by atoms with Gasteiger partial charge in [0, 0.05) is 5.54 Å². The smallest absolute Gasteiger partial charge is 0.0157 e. The maximum atomic E-state index is 6.74. The molecule has 0 aromatic carbocycles. The van der Waals surface area contributed by atoms with Gasteiger partial charge in [0.25, 0.3) is 0 Å². The van der Waals surface area contributed by atoms with Crippen LogP contribution in [-0.2, 0) is 0 Å². The van der Waals surface area contributed by atoms with Gasteiger partial charge in [0.2, 0.25) is 0 Å². The number of hydrogen-bond acceptors (Lipinski definition) is 1. The van der Waals surface area contributed by atoms with Crippen LogP contribution in [0.2, 0.25) is 0 Å². The van der Waals surface area contributed by atoms with Gasteiger partial charge in [0.05, 0.1) is 0 Å². The molecule has 1 nitrogen and oxygen atoms in total. The van der Waals surface area contributed by atoms with E-state index in [0.29, 0.717) is 5.41 Å². The molecule has 0 bridgehead atoms. The van der Waals surface area contributed by atoms with Crippen molar-refractivity contribution in [2.75, 3.05) is 0 Å². The zero-order valence-corrected chi connectivity index (χ0v) is 12.8. The minimum atomic E-state index is 0.176. The average Bonchev–Trinajstić information content (AvgIpc) is 2.65. The molecule has 18 heavy (non-hydrogen) atoms. The zero-order valence-electron chi connectivity index (χ0n) is 12.8. The summed E-state index contributed by atoms with van der Waals surface area (Å²) in [6.07, 6.45) is 13.7. The highest BCUT2D eigenvalue weighted by atomic mass is 14.7. The molecule has 0 aromatic heterocycles. The number of hydrogen-bond donors (Lipinski definition) is 1. The molecular formula is C17H33N. The predicted octanol–water partition coefficient (Wildman–Crippen LogP) is 4.89. The Kier molecular flexibility index (Phi) is 4.41. The van der Waals surface area contributed by atoms with Crippen molar-refractivity contribution in [3.05, 3.63) is 0 Å². The molecule has 0 amide bonds. The molecule has 0 radical (unpaired) electrons. The normalized spacial score (nSPS) is 35.7. The van der Waals surface area contributed by atoms with Crippen molar-refractivity contribution in [1.82, 2.24) is 0 Å². The summed E-state index contributed by atoms with van der Waals surface area (Å²) < 4.78 is 0. The molecule has 2 aliphatic carbocycles. The second-order valence-electron chi connectivity index (χ2n) is 8.21. The molecule has 0 aliphatic heterocycles. The van der Waals surface area contributed by atoms with Crippen LogP contribution >= 0.6 is 0 Å². The Morgan fingerprint density at radius 1 is 0.944 bits per heavy atom. The zero-order chi connectivity index (χ0) is 13.2. The number of nitrogens with two attached hydrogens (primary N) is 1. The van der Waals surface area contributed by atoms with Gasteiger partial charge in [-0.15, -0.1) is 0 Å². The predicted molar refractivity (Wildman–Crippen MR) is 79.5 cm³/mol. The minimum absolute atomic E-state index is 0.176. The Morgan fingerprint density at radius 3 is 2.22 bits per heavy atom. The van der Waals surface area contributed by atoms with Crippen molar-refractivity contribution in [2.45, 2.75) is 90.5 Å². The van der Waals surface area contributed by atoms with Gasteiger partial charge in [-0.05, 0) is 49.4 Å². The van der Waals surface area contributed by atoms with E-state index in [1.165, 1.54) is 64.2 Å². The van der Waals surface area contributed by atoms with Gasteiger partial charge < -0.3 is 5.73 Å². The van der Waals surface area contributed by atoms with Crippen LogP contribution in [0.3, 0.4) is 0 Å². The van der Waals surface area contributed by atoms with E-state index in [9.17, 15) is 0 Å². The fraction of sp³-hybridized carbons (Fsp3) is 1.00. The highest BCUT2D eigenvalue weighted by molar-refractivity contribution is 4.92. The van der Waals surface area contributed by atoms with Crippen LogP contribution in [0.1, 0.15) is 85.0 Å². The molecule has 2 saturated carbocycles. The monoisotopic (exact) mass is 251 g/mol. The third-order valence-electron chi connectivity index (χ3n) is 5.61. The lowest BCUT2D eigenvalue weighted by Crippen LogP contribution is -2.41. The average molecular weight is 251 g/mol. The van der Waals surface area contributed by atoms with Crippen LogP contribution in [-0.4, -0.2) is 5.54 Å². The van der Waals surface area contributed by atoms with Gasteiger partial charge in [-0.1, -0.05) is 52.9 Å². The molecule has 0 aromatic rings. The lowest BCUT2D eigenvalue weighted by atomic mass is 9.75. The van der Waals surface area contributed by atoms with Gasteiger partial charge in [-0.2, -0.15) is 0 Å². The Balaban J connectivity index is 1.90. The van der Waals surface area contributed by atoms with E-state index < -0.39 is 0 Å². The summed E-state index contributed by atoms with van der Waals surface area (Å²) in [6.45, 7) is 7.20. The van der Waals surface area contributed by atoms with Crippen LogP contribution in [0.5, 0.6) is 0 Å². The van der Waals surface area contributed by atoms with E-state index in [1.54, 1.807) is 0 Å². The molecule has 2 N–H and O–H groups in total.